The van der Waals surface area contributed by atoms with E-state index in [0.29, 0.717) is 24.0 Å². The maximum Gasteiger partial charge on any atom is 0.160 e. The van der Waals surface area contributed by atoms with Gasteiger partial charge in [-0.05, 0) is 88.9 Å². The number of hydrogen-bond donors (Lipinski definition) is 0. The molecule has 4 rings (SSSR count). The van der Waals surface area contributed by atoms with Crippen LogP contribution in [0.25, 0.3) is 0 Å². The van der Waals surface area contributed by atoms with Gasteiger partial charge in [0, 0.05) is 11.8 Å². The van der Waals surface area contributed by atoms with Crippen LogP contribution in [0.15, 0.2) is 0 Å². The molecular formula is C38H72O4. The van der Waals surface area contributed by atoms with E-state index in [0.717, 1.165) is 37.9 Å². The van der Waals surface area contributed by atoms with Crippen molar-refractivity contribution >= 4 is 0 Å². The van der Waals surface area contributed by atoms with Crippen LogP contribution in [-0.2, 0) is 18.9 Å². The summed E-state index contributed by atoms with van der Waals surface area (Å²) in [7, 11) is 0. The first kappa shape index (κ1) is 36.3. The molecule has 248 valence electrons. The highest BCUT2D eigenvalue weighted by Crippen LogP contribution is 2.37. The van der Waals surface area contributed by atoms with Gasteiger partial charge in [-0.1, -0.05) is 105 Å². The van der Waals surface area contributed by atoms with Crippen molar-refractivity contribution in [2.75, 3.05) is 13.2 Å². The fraction of sp³-hybridized carbons (Fsp3) is 1.00. The lowest BCUT2D eigenvalue weighted by Gasteiger charge is -2.38. The SMILES string of the molecule is CCCCCC1CCOC(C2CCC(CCC)CC2)O1.CCCCCCCC1CCOC(C2CCC(CCC)CC2)O1. The Bertz CT molecular complexity index is 625. The van der Waals surface area contributed by atoms with Gasteiger partial charge in [-0.25, -0.2) is 0 Å². The second-order valence-electron chi connectivity index (χ2n) is 14.4. The number of rotatable bonds is 16. The van der Waals surface area contributed by atoms with Crippen molar-refractivity contribution < 1.29 is 18.9 Å². The zero-order valence-electron chi connectivity index (χ0n) is 28.6. The van der Waals surface area contributed by atoms with Crippen LogP contribution in [-0.4, -0.2) is 38.0 Å². The van der Waals surface area contributed by atoms with Crippen molar-refractivity contribution in [2.45, 2.75) is 207 Å². The van der Waals surface area contributed by atoms with Gasteiger partial charge in [0.1, 0.15) is 0 Å². The van der Waals surface area contributed by atoms with Crippen LogP contribution in [0.5, 0.6) is 0 Å². The van der Waals surface area contributed by atoms with E-state index >= 15 is 0 Å². The molecule has 2 aliphatic heterocycles. The number of ether oxygens (including phenoxy) is 4. The van der Waals surface area contributed by atoms with Crippen molar-refractivity contribution in [3.63, 3.8) is 0 Å². The average molecular weight is 593 g/mol. The Morgan fingerprint density at radius 1 is 0.405 bits per heavy atom. The molecule has 0 radical (unpaired) electrons. The van der Waals surface area contributed by atoms with Crippen LogP contribution >= 0.6 is 0 Å². The van der Waals surface area contributed by atoms with E-state index in [1.54, 1.807) is 0 Å². The molecule has 2 saturated carbocycles. The molecule has 2 aliphatic carbocycles. The van der Waals surface area contributed by atoms with Crippen molar-refractivity contribution in [3.05, 3.63) is 0 Å². The molecule has 4 atom stereocenters. The van der Waals surface area contributed by atoms with Crippen LogP contribution in [0.1, 0.15) is 182 Å². The summed E-state index contributed by atoms with van der Waals surface area (Å²) in [6.45, 7) is 11.0. The molecule has 0 N–H and O–H groups in total. The minimum absolute atomic E-state index is 0.108. The second kappa shape index (κ2) is 22.4. The smallest absolute Gasteiger partial charge is 0.160 e. The van der Waals surface area contributed by atoms with Crippen molar-refractivity contribution in [3.8, 4) is 0 Å². The van der Waals surface area contributed by atoms with E-state index in [-0.39, 0.29) is 12.6 Å². The molecule has 2 saturated heterocycles. The van der Waals surface area contributed by atoms with Crippen molar-refractivity contribution in [1.29, 1.82) is 0 Å². The number of unbranched alkanes of at least 4 members (excludes halogenated alkanes) is 6. The van der Waals surface area contributed by atoms with Gasteiger partial charge in [0.05, 0.1) is 25.4 Å². The first-order valence-corrected chi connectivity index (χ1v) is 19.2. The Hall–Kier alpha value is -0.160. The van der Waals surface area contributed by atoms with Crippen LogP contribution in [0.4, 0.5) is 0 Å². The Kier molecular flexibility index (Phi) is 19.3. The zero-order valence-corrected chi connectivity index (χ0v) is 28.6. The van der Waals surface area contributed by atoms with Gasteiger partial charge in [0.25, 0.3) is 0 Å². The van der Waals surface area contributed by atoms with E-state index in [2.05, 4.69) is 27.7 Å². The van der Waals surface area contributed by atoms with Crippen LogP contribution in [0.3, 0.4) is 0 Å². The largest absolute Gasteiger partial charge is 0.352 e. The molecule has 0 aromatic rings. The van der Waals surface area contributed by atoms with E-state index in [1.165, 1.54) is 141 Å². The Morgan fingerprint density at radius 2 is 0.810 bits per heavy atom. The number of hydrogen-bond acceptors (Lipinski definition) is 4. The van der Waals surface area contributed by atoms with Crippen LogP contribution in [0.2, 0.25) is 0 Å². The highest BCUT2D eigenvalue weighted by molar-refractivity contribution is 4.79. The molecule has 4 heteroatoms. The maximum absolute atomic E-state index is 6.31. The van der Waals surface area contributed by atoms with E-state index in [4.69, 9.17) is 18.9 Å². The lowest BCUT2D eigenvalue weighted by atomic mass is 9.79. The van der Waals surface area contributed by atoms with E-state index < -0.39 is 0 Å². The zero-order chi connectivity index (χ0) is 29.8. The van der Waals surface area contributed by atoms with E-state index in [1.807, 2.05) is 0 Å². The van der Waals surface area contributed by atoms with Gasteiger partial charge < -0.3 is 18.9 Å². The lowest BCUT2D eigenvalue weighted by molar-refractivity contribution is -0.241. The minimum atomic E-state index is 0.108. The van der Waals surface area contributed by atoms with Gasteiger partial charge in [-0.3, -0.25) is 0 Å². The van der Waals surface area contributed by atoms with Gasteiger partial charge >= 0.3 is 0 Å². The molecule has 0 aromatic carbocycles. The molecular weight excluding hydrogens is 520 g/mol. The molecule has 42 heavy (non-hydrogen) atoms. The molecule has 0 aromatic heterocycles. The Labute approximate surface area is 262 Å². The minimum Gasteiger partial charge on any atom is -0.352 e. The first-order chi connectivity index (χ1) is 20.7. The summed E-state index contributed by atoms with van der Waals surface area (Å²) >= 11 is 0. The van der Waals surface area contributed by atoms with Crippen LogP contribution in [0, 0.1) is 23.7 Å². The first-order valence-electron chi connectivity index (χ1n) is 19.2. The molecule has 0 bridgehead atoms. The average Bonchev–Trinajstić information content (AvgIpc) is 3.03. The summed E-state index contributed by atoms with van der Waals surface area (Å²) in [4.78, 5) is 0. The second-order valence-corrected chi connectivity index (χ2v) is 14.4. The normalized spacial score (nSPS) is 34.0. The molecule has 4 nitrogen and oxygen atoms in total. The standard InChI is InChI=1S/C20H38O2.C18H34O2/c1-3-5-6-7-8-10-19-15-16-21-20(22-19)18-13-11-17(9-4-2)12-14-18;1-3-5-6-8-17-13-14-19-18(20-17)16-11-9-15(7-4-2)10-12-16/h17-20H,3-16H2,1-2H3;15-18H,3-14H2,1-2H3. The molecule has 0 amide bonds. The van der Waals surface area contributed by atoms with Crippen molar-refractivity contribution in [2.24, 2.45) is 23.7 Å². The third-order valence-electron chi connectivity index (χ3n) is 10.8. The van der Waals surface area contributed by atoms with Gasteiger partial charge in [-0.2, -0.15) is 0 Å². The van der Waals surface area contributed by atoms with E-state index in [9.17, 15) is 0 Å². The highest BCUT2D eigenvalue weighted by Gasteiger charge is 2.34. The molecule has 4 unspecified atom stereocenters. The quantitative estimate of drug-likeness (QED) is 0.167. The Morgan fingerprint density at radius 3 is 1.24 bits per heavy atom. The fourth-order valence-corrected chi connectivity index (χ4v) is 8.06. The highest BCUT2D eigenvalue weighted by atomic mass is 16.7. The fourth-order valence-electron chi connectivity index (χ4n) is 8.06. The maximum atomic E-state index is 6.31. The molecule has 4 fully saturated rings. The summed E-state index contributed by atoms with van der Waals surface area (Å²) in [6.07, 6.45) is 33.0. The monoisotopic (exact) mass is 593 g/mol. The summed E-state index contributed by atoms with van der Waals surface area (Å²) < 4.78 is 24.4. The summed E-state index contributed by atoms with van der Waals surface area (Å²) in [5.41, 5.74) is 0. The van der Waals surface area contributed by atoms with Gasteiger partial charge in [0.2, 0.25) is 0 Å². The van der Waals surface area contributed by atoms with Gasteiger partial charge in [0.15, 0.2) is 12.6 Å². The third kappa shape index (κ3) is 13.9. The summed E-state index contributed by atoms with van der Waals surface area (Å²) in [6, 6.07) is 0. The molecule has 2 heterocycles. The van der Waals surface area contributed by atoms with Crippen LogP contribution < -0.4 is 0 Å². The topological polar surface area (TPSA) is 36.9 Å². The van der Waals surface area contributed by atoms with Gasteiger partial charge in [-0.15, -0.1) is 0 Å². The summed E-state index contributed by atoms with van der Waals surface area (Å²) in [5, 5.41) is 0. The molecule has 0 spiro atoms. The van der Waals surface area contributed by atoms with Crippen molar-refractivity contribution in [1.82, 2.24) is 0 Å². The lowest BCUT2D eigenvalue weighted by Crippen LogP contribution is -2.38. The predicted molar refractivity (Wildman–Crippen MR) is 177 cm³/mol. The Balaban J connectivity index is 0.000000231. The molecule has 4 aliphatic rings. The summed E-state index contributed by atoms with van der Waals surface area (Å²) in [5.74, 6) is 3.27. The third-order valence-corrected chi connectivity index (χ3v) is 10.8. The predicted octanol–water partition coefficient (Wildman–Crippen LogP) is 11.4.